The van der Waals surface area contributed by atoms with Gasteiger partial charge in [-0.1, -0.05) is 0 Å². The lowest BCUT2D eigenvalue weighted by Crippen LogP contribution is -2.26. The van der Waals surface area contributed by atoms with Crippen molar-refractivity contribution in [2.75, 3.05) is 0 Å². The molecule has 3 N–H and O–H groups in total. The fraction of sp³-hybridized carbons (Fsp3) is 0.429. The van der Waals surface area contributed by atoms with Gasteiger partial charge in [0, 0.05) is 5.69 Å². The van der Waals surface area contributed by atoms with Crippen molar-refractivity contribution in [1.29, 1.82) is 0 Å². The first-order valence-electron chi connectivity index (χ1n) is 3.42. The summed E-state index contributed by atoms with van der Waals surface area (Å²) in [4.78, 5) is 11.2. The molecule has 0 aliphatic carbocycles. The quantitative estimate of drug-likeness (QED) is 0.598. The summed E-state index contributed by atoms with van der Waals surface area (Å²) >= 11 is 0. The van der Waals surface area contributed by atoms with Crippen LogP contribution in [0.25, 0.3) is 0 Å². The number of H-pyrrole nitrogens is 1. The van der Waals surface area contributed by atoms with Gasteiger partial charge in [0.15, 0.2) is 5.78 Å². The second-order valence-electron chi connectivity index (χ2n) is 2.56. The van der Waals surface area contributed by atoms with E-state index in [0.29, 0.717) is 5.56 Å². The van der Waals surface area contributed by atoms with Crippen molar-refractivity contribution in [1.82, 2.24) is 10.2 Å². The summed E-state index contributed by atoms with van der Waals surface area (Å²) in [6.07, 6.45) is 1.50. The zero-order valence-corrected chi connectivity index (χ0v) is 6.59. The van der Waals surface area contributed by atoms with Crippen molar-refractivity contribution in [2.45, 2.75) is 19.9 Å². The highest BCUT2D eigenvalue weighted by atomic mass is 16.1. The van der Waals surface area contributed by atoms with Crippen LogP contribution >= 0.6 is 0 Å². The highest BCUT2D eigenvalue weighted by Gasteiger charge is 2.13. The predicted molar refractivity (Wildman–Crippen MR) is 41.3 cm³/mol. The average Bonchev–Trinajstić information content (AvgIpc) is 2.33. The summed E-state index contributed by atoms with van der Waals surface area (Å²) in [5, 5.41) is 6.40. The Morgan fingerprint density at radius 2 is 2.45 bits per heavy atom. The van der Waals surface area contributed by atoms with E-state index >= 15 is 0 Å². The molecule has 4 heteroatoms. The van der Waals surface area contributed by atoms with E-state index < -0.39 is 6.04 Å². The Balaban J connectivity index is 2.93. The van der Waals surface area contributed by atoms with Crippen molar-refractivity contribution in [3.05, 3.63) is 17.5 Å². The van der Waals surface area contributed by atoms with E-state index in [1.807, 2.05) is 0 Å². The number of nitrogens with two attached hydrogens (primary N) is 1. The molecule has 0 saturated carbocycles. The third-order valence-corrected chi connectivity index (χ3v) is 1.51. The molecule has 0 saturated heterocycles. The minimum atomic E-state index is -0.453. The number of nitrogens with one attached hydrogen (secondary N) is 1. The number of rotatable bonds is 2. The lowest BCUT2D eigenvalue weighted by molar-refractivity contribution is 0.0967. The van der Waals surface area contributed by atoms with Gasteiger partial charge in [-0.2, -0.15) is 5.10 Å². The van der Waals surface area contributed by atoms with Crippen molar-refractivity contribution in [2.24, 2.45) is 5.73 Å². The van der Waals surface area contributed by atoms with Crippen LogP contribution in [0.1, 0.15) is 23.0 Å². The molecule has 1 rings (SSSR count). The molecule has 0 aromatic carbocycles. The van der Waals surface area contributed by atoms with Crippen LogP contribution in [0.3, 0.4) is 0 Å². The number of aromatic nitrogens is 2. The normalized spacial score (nSPS) is 13.0. The summed E-state index contributed by atoms with van der Waals surface area (Å²) in [7, 11) is 0. The molecular formula is C7H11N3O. The highest BCUT2D eigenvalue weighted by molar-refractivity contribution is 6.00. The number of aryl methyl sites for hydroxylation is 1. The molecule has 0 aliphatic rings. The maximum Gasteiger partial charge on any atom is 0.182 e. The van der Waals surface area contributed by atoms with Gasteiger partial charge in [-0.05, 0) is 13.8 Å². The minimum absolute atomic E-state index is 0.0729. The zero-order valence-electron chi connectivity index (χ0n) is 6.59. The number of carbonyl (C=O) groups is 1. The molecular weight excluding hydrogens is 142 g/mol. The molecule has 11 heavy (non-hydrogen) atoms. The standard InChI is InChI=1S/C7H11N3O/c1-4(8)7(11)6-3-9-10-5(6)2/h3-4H,8H2,1-2H3,(H,9,10). The molecule has 1 heterocycles. The summed E-state index contributed by atoms with van der Waals surface area (Å²) in [5.74, 6) is -0.0729. The minimum Gasteiger partial charge on any atom is -0.321 e. The van der Waals surface area contributed by atoms with Crippen LogP contribution in [0.2, 0.25) is 0 Å². The maximum atomic E-state index is 11.2. The van der Waals surface area contributed by atoms with E-state index in [1.165, 1.54) is 6.20 Å². The molecule has 0 bridgehead atoms. The largest absolute Gasteiger partial charge is 0.321 e. The Bertz CT molecular complexity index is 264. The van der Waals surface area contributed by atoms with Crippen LogP contribution in [-0.4, -0.2) is 22.0 Å². The van der Waals surface area contributed by atoms with Crippen LogP contribution in [0, 0.1) is 6.92 Å². The third kappa shape index (κ3) is 1.46. The van der Waals surface area contributed by atoms with Gasteiger partial charge in [-0.15, -0.1) is 0 Å². The summed E-state index contributed by atoms with van der Waals surface area (Å²) in [6.45, 7) is 3.46. The summed E-state index contributed by atoms with van der Waals surface area (Å²) in [5.41, 5.74) is 6.76. The van der Waals surface area contributed by atoms with E-state index in [2.05, 4.69) is 10.2 Å². The van der Waals surface area contributed by atoms with Gasteiger partial charge in [-0.3, -0.25) is 9.89 Å². The Hall–Kier alpha value is -1.16. The van der Waals surface area contributed by atoms with E-state index in [0.717, 1.165) is 5.69 Å². The molecule has 0 amide bonds. The lowest BCUT2D eigenvalue weighted by Gasteiger charge is -2.00. The van der Waals surface area contributed by atoms with Gasteiger partial charge in [0.1, 0.15) is 0 Å². The van der Waals surface area contributed by atoms with Crippen LogP contribution in [0.5, 0.6) is 0 Å². The number of ketones is 1. The third-order valence-electron chi connectivity index (χ3n) is 1.51. The number of carbonyl (C=O) groups excluding carboxylic acids is 1. The van der Waals surface area contributed by atoms with Crippen molar-refractivity contribution in [3.63, 3.8) is 0 Å². The number of aromatic amines is 1. The molecule has 1 unspecified atom stereocenters. The van der Waals surface area contributed by atoms with Crippen molar-refractivity contribution in [3.8, 4) is 0 Å². The molecule has 4 nitrogen and oxygen atoms in total. The van der Waals surface area contributed by atoms with Crippen LogP contribution in [0.4, 0.5) is 0 Å². The molecule has 0 aliphatic heterocycles. The molecule has 60 valence electrons. The van der Waals surface area contributed by atoms with E-state index in [1.54, 1.807) is 13.8 Å². The van der Waals surface area contributed by atoms with Gasteiger partial charge in [0.05, 0.1) is 17.8 Å². The number of hydrogen-bond donors (Lipinski definition) is 2. The Morgan fingerprint density at radius 1 is 1.82 bits per heavy atom. The Labute approximate surface area is 64.8 Å². The average molecular weight is 153 g/mol. The zero-order chi connectivity index (χ0) is 8.43. The monoisotopic (exact) mass is 153 g/mol. The molecule has 0 radical (unpaired) electrons. The summed E-state index contributed by atoms with van der Waals surface area (Å²) < 4.78 is 0. The first-order valence-corrected chi connectivity index (χ1v) is 3.42. The van der Waals surface area contributed by atoms with Crippen LogP contribution in [-0.2, 0) is 0 Å². The fourth-order valence-corrected chi connectivity index (χ4v) is 0.844. The summed E-state index contributed by atoms with van der Waals surface area (Å²) in [6, 6.07) is -0.453. The Kier molecular flexibility index (Phi) is 2.05. The number of nitrogens with zero attached hydrogens (tertiary/aromatic N) is 1. The second-order valence-corrected chi connectivity index (χ2v) is 2.56. The Morgan fingerprint density at radius 3 is 2.82 bits per heavy atom. The van der Waals surface area contributed by atoms with Gasteiger partial charge >= 0.3 is 0 Å². The molecule has 0 spiro atoms. The molecule has 1 atom stereocenters. The smallest absolute Gasteiger partial charge is 0.182 e. The van der Waals surface area contributed by atoms with E-state index in [-0.39, 0.29) is 5.78 Å². The maximum absolute atomic E-state index is 11.2. The molecule has 1 aromatic rings. The van der Waals surface area contributed by atoms with E-state index in [9.17, 15) is 4.79 Å². The second kappa shape index (κ2) is 2.84. The van der Waals surface area contributed by atoms with Crippen molar-refractivity contribution >= 4 is 5.78 Å². The molecule has 0 fully saturated rings. The van der Waals surface area contributed by atoms with Crippen molar-refractivity contribution < 1.29 is 4.79 Å². The first kappa shape index (κ1) is 7.94. The van der Waals surface area contributed by atoms with Gasteiger partial charge in [-0.25, -0.2) is 0 Å². The molecule has 1 aromatic heterocycles. The van der Waals surface area contributed by atoms with Crippen LogP contribution < -0.4 is 5.73 Å². The van der Waals surface area contributed by atoms with Gasteiger partial charge in [0.25, 0.3) is 0 Å². The topological polar surface area (TPSA) is 71.8 Å². The fourth-order valence-electron chi connectivity index (χ4n) is 0.844. The SMILES string of the molecule is Cc1[nH]ncc1C(=O)C(C)N. The van der Waals surface area contributed by atoms with Gasteiger partial charge < -0.3 is 5.73 Å². The highest BCUT2D eigenvalue weighted by Crippen LogP contribution is 2.04. The van der Waals surface area contributed by atoms with Gasteiger partial charge in [0.2, 0.25) is 0 Å². The predicted octanol–water partition coefficient (Wildman–Crippen LogP) is 0.248. The lowest BCUT2D eigenvalue weighted by atomic mass is 10.1. The van der Waals surface area contributed by atoms with Crippen LogP contribution in [0.15, 0.2) is 6.20 Å². The number of Topliss-reactive ketones (excluding diaryl/α,β-unsaturated/α-hetero) is 1. The number of hydrogen-bond acceptors (Lipinski definition) is 3. The van der Waals surface area contributed by atoms with E-state index in [4.69, 9.17) is 5.73 Å². The first-order chi connectivity index (χ1) is 5.13.